The highest BCUT2D eigenvalue weighted by Gasteiger charge is 2.07. The van der Waals surface area contributed by atoms with Gasteiger partial charge in [0.2, 0.25) is 0 Å². The first-order valence-corrected chi connectivity index (χ1v) is 6.51. The van der Waals surface area contributed by atoms with E-state index in [1.165, 1.54) is 7.11 Å². The molecule has 0 fully saturated rings. The highest BCUT2D eigenvalue weighted by molar-refractivity contribution is 6.31. The molecule has 0 radical (unpaired) electrons. The number of ether oxygens (including phenoxy) is 2. The normalized spacial score (nSPS) is 10.1. The predicted octanol–water partition coefficient (Wildman–Crippen LogP) is 2.90. The monoisotopic (exact) mass is 286 g/mol. The van der Waals surface area contributed by atoms with Crippen molar-refractivity contribution >= 4 is 23.3 Å². The first kappa shape index (κ1) is 15.6. The molecule has 6 heteroatoms. The molecule has 0 atom stereocenters. The van der Waals surface area contributed by atoms with Crippen LogP contribution in [0.1, 0.15) is 13.3 Å². The minimum Gasteiger partial charge on any atom is -0.495 e. The maximum Gasteiger partial charge on any atom is 0.319 e. The summed E-state index contributed by atoms with van der Waals surface area (Å²) in [7, 11) is 1.54. The molecule has 1 aromatic carbocycles. The molecule has 0 aliphatic carbocycles. The zero-order valence-corrected chi connectivity index (χ0v) is 11.9. The van der Waals surface area contributed by atoms with Crippen LogP contribution in [0.15, 0.2) is 18.2 Å². The van der Waals surface area contributed by atoms with Crippen molar-refractivity contribution in [3.63, 3.8) is 0 Å². The van der Waals surface area contributed by atoms with E-state index in [2.05, 4.69) is 10.6 Å². The average molecular weight is 287 g/mol. The van der Waals surface area contributed by atoms with Gasteiger partial charge in [-0.15, -0.1) is 0 Å². The van der Waals surface area contributed by atoms with Gasteiger partial charge < -0.3 is 20.1 Å². The van der Waals surface area contributed by atoms with Crippen molar-refractivity contribution in [3.05, 3.63) is 23.2 Å². The van der Waals surface area contributed by atoms with Crippen LogP contribution in [0.3, 0.4) is 0 Å². The third kappa shape index (κ3) is 5.81. The zero-order chi connectivity index (χ0) is 14.1. The number of methoxy groups -OCH3 is 1. The third-order valence-corrected chi connectivity index (χ3v) is 2.60. The molecule has 5 nitrogen and oxygen atoms in total. The van der Waals surface area contributed by atoms with E-state index < -0.39 is 0 Å². The summed E-state index contributed by atoms with van der Waals surface area (Å²) in [5.74, 6) is 0.564. The highest BCUT2D eigenvalue weighted by Crippen LogP contribution is 2.27. The van der Waals surface area contributed by atoms with Gasteiger partial charge in [-0.25, -0.2) is 4.79 Å². The van der Waals surface area contributed by atoms with Crippen molar-refractivity contribution in [2.45, 2.75) is 13.3 Å². The minimum absolute atomic E-state index is 0.294. The van der Waals surface area contributed by atoms with Crippen LogP contribution in [-0.2, 0) is 4.74 Å². The number of nitrogens with one attached hydrogen (secondary N) is 2. The lowest BCUT2D eigenvalue weighted by atomic mass is 10.3. The Morgan fingerprint density at radius 1 is 1.42 bits per heavy atom. The highest BCUT2D eigenvalue weighted by atomic mass is 35.5. The van der Waals surface area contributed by atoms with Crippen LogP contribution in [0.25, 0.3) is 0 Å². The van der Waals surface area contributed by atoms with Gasteiger partial charge in [0.25, 0.3) is 0 Å². The van der Waals surface area contributed by atoms with Crippen LogP contribution in [0.5, 0.6) is 5.75 Å². The van der Waals surface area contributed by atoms with Gasteiger partial charge >= 0.3 is 6.03 Å². The van der Waals surface area contributed by atoms with Crippen LogP contribution in [0.2, 0.25) is 5.02 Å². The minimum atomic E-state index is -0.294. The molecule has 0 saturated carbocycles. The molecule has 1 aromatic rings. The topological polar surface area (TPSA) is 59.6 Å². The Kier molecular flexibility index (Phi) is 7.07. The second-order valence-corrected chi connectivity index (χ2v) is 4.21. The van der Waals surface area contributed by atoms with Gasteiger partial charge in [-0.3, -0.25) is 0 Å². The van der Waals surface area contributed by atoms with Crippen molar-refractivity contribution in [1.29, 1.82) is 0 Å². The fourth-order valence-corrected chi connectivity index (χ4v) is 1.64. The van der Waals surface area contributed by atoms with Crippen molar-refractivity contribution < 1.29 is 14.3 Å². The van der Waals surface area contributed by atoms with Crippen LogP contribution in [0, 0.1) is 0 Å². The van der Waals surface area contributed by atoms with Gasteiger partial charge in [0.15, 0.2) is 0 Å². The number of halogens is 1. The fraction of sp³-hybridized carbons (Fsp3) is 0.462. The van der Waals surface area contributed by atoms with E-state index in [1.807, 2.05) is 6.92 Å². The summed E-state index contributed by atoms with van der Waals surface area (Å²) in [5.41, 5.74) is 0.539. The van der Waals surface area contributed by atoms with Gasteiger partial charge in [0, 0.05) is 24.8 Å². The zero-order valence-electron chi connectivity index (χ0n) is 11.2. The number of hydrogen-bond acceptors (Lipinski definition) is 3. The van der Waals surface area contributed by atoms with Gasteiger partial charge in [0.05, 0.1) is 12.8 Å². The van der Waals surface area contributed by atoms with E-state index in [0.29, 0.717) is 36.2 Å². The molecule has 0 aliphatic rings. The van der Waals surface area contributed by atoms with E-state index in [-0.39, 0.29) is 6.03 Å². The Labute approximate surface area is 118 Å². The summed E-state index contributed by atoms with van der Waals surface area (Å²) >= 11 is 5.88. The van der Waals surface area contributed by atoms with Crippen molar-refractivity contribution in [3.8, 4) is 5.75 Å². The van der Waals surface area contributed by atoms with E-state index in [0.717, 1.165) is 6.42 Å². The number of carbonyl (C=O) groups excluding carboxylic acids is 1. The molecule has 0 bridgehead atoms. The number of hydrogen-bond donors (Lipinski definition) is 2. The molecular formula is C13H19ClN2O3. The lowest BCUT2D eigenvalue weighted by Crippen LogP contribution is -2.30. The summed E-state index contributed by atoms with van der Waals surface area (Å²) in [4.78, 5) is 11.7. The molecule has 0 aromatic heterocycles. The van der Waals surface area contributed by atoms with E-state index >= 15 is 0 Å². The Bertz CT molecular complexity index is 413. The quantitative estimate of drug-likeness (QED) is 0.758. The summed E-state index contributed by atoms with van der Waals surface area (Å²) in [5, 5.41) is 5.96. The number of anilines is 1. The number of urea groups is 1. The van der Waals surface area contributed by atoms with Gasteiger partial charge in [-0.2, -0.15) is 0 Å². The number of carbonyl (C=O) groups is 1. The predicted molar refractivity (Wildman–Crippen MR) is 76.1 cm³/mol. The van der Waals surface area contributed by atoms with Crippen LogP contribution in [-0.4, -0.2) is 32.9 Å². The van der Waals surface area contributed by atoms with E-state index in [9.17, 15) is 4.79 Å². The molecule has 1 rings (SSSR count). The SMILES string of the molecule is CCOCCCNC(=O)Nc1cc(Cl)ccc1OC. The summed E-state index contributed by atoms with van der Waals surface area (Å²) in [6.45, 7) is 3.81. The molecule has 0 heterocycles. The van der Waals surface area contributed by atoms with Crippen LogP contribution >= 0.6 is 11.6 Å². The molecule has 19 heavy (non-hydrogen) atoms. The van der Waals surface area contributed by atoms with Crippen molar-refractivity contribution in [2.75, 3.05) is 32.2 Å². The largest absolute Gasteiger partial charge is 0.495 e. The molecule has 2 amide bonds. The first-order valence-electron chi connectivity index (χ1n) is 6.13. The summed E-state index contributed by atoms with van der Waals surface area (Å²) in [6, 6.07) is 4.75. The Morgan fingerprint density at radius 3 is 2.89 bits per heavy atom. The first-order chi connectivity index (χ1) is 9.17. The Morgan fingerprint density at radius 2 is 2.21 bits per heavy atom. The number of benzene rings is 1. The summed E-state index contributed by atoms with van der Waals surface area (Å²) in [6.07, 6.45) is 0.772. The molecule has 2 N–H and O–H groups in total. The van der Waals surface area contributed by atoms with Gasteiger partial charge in [-0.05, 0) is 31.5 Å². The van der Waals surface area contributed by atoms with Crippen LogP contribution < -0.4 is 15.4 Å². The smallest absolute Gasteiger partial charge is 0.319 e. The molecule has 0 saturated heterocycles. The molecule has 106 valence electrons. The molecule has 0 aliphatic heterocycles. The lowest BCUT2D eigenvalue weighted by molar-refractivity contribution is 0.145. The molecule has 0 unspecified atom stereocenters. The Hall–Kier alpha value is -1.46. The lowest BCUT2D eigenvalue weighted by Gasteiger charge is -2.11. The Balaban J connectivity index is 2.41. The van der Waals surface area contributed by atoms with Crippen molar-refractivity contribution in [2.24, 2.45) is 0 Å². The van der Waals surface area contributed by atoms with Gasteiger partial charge in [0.1, 0.15) is 5.75 Å². The van der Waals surface area contributed by atoms with E-state index in [4.69, 9.17) is 21.1 Å². The molecule has 0 spiro atoms. The van der Waals surface area contributed by atoms with E-state index in [1.54, 1.807) is 18.2 Å². The average Bonchev–Trinajstić information content (AvgIpc) is 2.39. The second-order valence-electron chi connectivity index (χ2n) is 3.78. The summed E-state index contributed by atoms with van der Waals surface area (Å²) < 4.78 is 10.3. The number of amides is 2. The number of rotatable bonds is 7. The molecular weight excluding hydrogens is 268 g/mol. The standard InChI is InChI=1S/C13H19ClN2O3/c1-3-19-8-4-7-15-13(17)16-11-9-10(14)5-6-12(11)18-2/h5-6,9H,3-4,7-8H2,1-2H3,(H2,15,16,17). The fourth-order valence-electron chi connectivity index (χ4n) is 1.46. The second kappa shape index (κ2) is 8.61. The maximum atomic E-state index is 11.7. The van der Waals surface area contributed by atoms with Crippen LogP contribution in [0.4, 0.5) is 10.5 Å². The maximum absolute atomic E-state index is 11.7. The third-order valence-electron chi connectivity index (χ3n) is 2.36. The van der Waals surface area contributed by atoms with Crippen molar-refractivity contribution in [1.82, 2.24) is 5.32 Å². The van der Waals surface area contributed by atoms with Gasteiger partial charge in [-0.1, -0.05) is 11.6 Å².